The van der Waals surface area contributed by atoms with Crippen LogP contribution in [0.1, 0.15) is 6.42 Å². The molecule has 19 heavy (non-hydrogen) atoms. The number of amides is 1. The maximum atomic E-state index is 12.3. The van der Waals surface area contributed by atoms with E-state index in [0.29, 0.717) is 5.02 Å². The third-order valence-corrected chi connectivity index (χ3v) is 3.13. The van der Waals surface area contributed by atoms with Gasteiger partial charge in [-0.15, -0.1) is 0 Å². The number of rotatable bonds is 4. The number of ether oxygens (including phenoxy) is 1. The summed E-state index contributed by atoms with van der Waals surface area (Å²) < 4.78 is 29.0. The minimum absolute atomic E-state index is 0.105. The largest absolute Gasteiger partial charge is 0.433 e. The second-order valence-electron chi connectivity index (χ2n) is 4.25. The van der Waals surface area contributed by atoms with Gasteiger partial charge in [0.05, 0.1) is 5.69 Å². The number of aliphatic hydroxyl groups excluding tert-OH is 1. The Morgan fingerprint density at radius 3 is 2.84 bits per heavy atom. The summed E-state index contributed by atoms with van der Waals surface area (Å²) in [6, 6.07) is 4.10. The highest BCUT2D eigenvalue weighted by molar-refractivity contribution is 6.31. The Labute approximate surface area is 113 Å². The van der Waals surface area contributed by atoms with Crippen molar-refractivity contribution in [3.8, 4) is 5.75 Å². The first-order valence-corrected chi connectivity index (χ1v) is 6.04. The molecule has 1 aliphatic heterocycles. The number of nitrogens with zero attached hydrogens (tertiary/aromatic N) is 1. The van der Waals surface area contributed by atoms with Gasteiger partial charge in [0.1, 0.15) is 5.75 Å². The molecule has 1 aliphatic rings. The molecule has 2 rings (SSSR count). The Balaban J connectivity index is 2.32. The van der Waals surface area contributed by atoms with Gasteiger partial charge in [0, 0.05) is 30.5 Å². The predicted molar refractivity (Wildman–Crippen MR) is 65.6 cm³/mol. The number of anilines is 1. The number of halogens is 3. The SMILES string of the molecule is O=C1CC(CO)CN1c1cc(Cl)ccc1OC(F)F. The van der Waals surface area contributed by atoms with Crippen molar-refractivity contribution in [1.82, 2.24) is 0 Å². The van der Waals surface area contributed by atoms with Crippen molar-refractivity contribution in [2.24, 2.45) is 5.92 Å². The van der Waals surface area contributed by atoms with Gasteiger partial charge in [-0.05, 0) is 18.2 Å². The smallest absolute Gasteiger partial charge is 0.387 e. The summed E-state index contributed by atoms with van der Waals surface area (Å²) in [6.45, 7) is -2.85. The topological polar surface area (TPSA) is 49.8 Å². The molecule has 1 N–H and O–H groups in total. The minimum Gasteiger partial charge on any atom is -0.433 e. The number of carbonyl (C=O) groups excluding carboxylic acids is 1. The average molecular weight is 292 g/mol. The molecule has 0 aromatic heterocycles. The van der Waals surface area contributed by atoms with Gasteiger partial charge in [-0.3, -0.25) is 4.79 Å². The normalized spacial score (nSPS) is 19.3. The van der Waals surface area contributed by atoms with Crippen molar-refractivity contribution >= 4 is 23.2 Å². The van der Waals surface area contributed by atoms with Crippen molar-refractivity contribution in [2.75, 3.05) is 18.1 Å². The highest BCUT2D eigenvalue weighted by Crippen LogP contribution is 2.36. The lowest BCUT2D eigenvalue weighted by Gasteiger charge is -2.20. The van der Waals surface area contributed by atoms with Crippen LogP contribution in [0, 0.1) is 5.92 Å². The van der Waals surface area contributed by atoms with E-state index in [2.05, 4.69) is 4.74 Å². The molecule has 0 aliphatic carbocycles. The summed E-state index contributed by atoms with van der Waals surface area (Å²) in [5, 5.41) is 9.38. The van der Waals surface area contributed by atoms with E-state index in [4.69, 9.17) is 16.7 Å². The van der Waals surface area contributed by atoms with Crippen molar-refractivity contribution in [3.63, 3.8) is 0 Å². The molecule has 0 radical (unpaired) electrons. The third-order valence-electron chi connectivity index (χ3n) is 2.89. The van der Waals surface area contributed by atoms with Gasteiger partial charge in [0.25, 0.3) is 0 Å². The molecular weight excluding hydrogens is 280 g/mol. The Kier molecular flexibility index (Phi) is 4.21. The molecular formula is C12H12ClF2NO3. The molecule has 1 atom stereocenters. The summed E-state index contributed by atoms with van der Waals surface area (Å²) in [5.74, 6) is -0.558. The van der Waals surface area contributed by atoms with Gasteiger partial charge in [-0.2, -0.15) is 8.78 Å². The summed E-state index contributed by atoms with van der Waals surface area (Å²) in [5.41, 5.74) is 0.203. The van der Waals surface area contributed by atoms with Crippen LogP contribution in [0.2, 0.25) is 5.02 Å². The Bertz CT molecular complexity index is 484. The number of hydrogen-bond acceptors (Lipinski definition) is 3. The van der Waals surface area contributed by atoms with Gasteiger partial charge < -0.3 is 14.7 Å². The molecule has 104 valence electrons. The maximum Gasteiger partial charge on any atom is 0.387 e. The number of hydrogen-bond donors (Lipinski definition) is 1. The van der Waals surface area contributed by atoms with Crippen LogP contribution in [-0.4, -0.2) is 30.8 Å². The van der Waals surface area contributed by atoms with Crippen molar-refractivity contribution in [2.45, 2.75) is 13.0 Å². The van der Waals surface area contributed by atoms with Gasteiger partial charge in [-0.25, -0.2) is 0 Å². The second kappa shape index (κ2) is 5.71. The first-order chi connectivity index (χ1) is 9.01. The van der Waals surface area contributed by atoms with Crippen molar-refractivity contribution in [1.29, 1.82) is 0 Å². The van der Waals surface area contributed by atoms with Crippen molar-refractivity contribution in [3.05, 3.63) is 23.2 Å². The van der Waals surface area contributed by atoms with Crippen LogP contribution in [0.25, 0.3) is 0 Å². The third kappa shape index (κ3) is 3.13. The van der Waals surface area contributed by atoms with Gasteiger partial charge in [0.2, 0.25) is 5.91 Å². The summed E-state index contributed by atoms with van der Waals surface area (Å²) in [7, 11) is 0. The number of aliphatic hydroxyl groups is 1. The molecule has 1 amide bonds. The van der Waals surface area contributed by atoms with E-state index in [1.165, 1.54) is 23.1 Å². The van der Waals surface area contributed by atoms with Crippen molar-refractivity contribution < 1.29 is 23.4 Å². The molecule has 0 spiro atoms. The number of benzene rings is 1. The molecule has 1 saturated heterocycles. The highest BCUT2D eigenvalue weighted by atomic mass is 35.5. The first-order valence-electron chi connectivity index (χ1n) is 5.67. The predicted octanol–water partition coefficient (Wildman–Crippen LogP) is 2.29. The van der Waals surface area contributed by atoms with Crippen LogP contribution < -0.4 is 9.64 Å². The van der Waals surface area contributed by atoms with E-state index in [1.54, 1.807) is 0 Å². The lowest BCUT2D eigenvalue weighted by Crippen LogP contribution is -2.25. The monoisotopic (exact) mass is 291 g/mol. The van der Waals surface area contributed by atoms with Crippen LogP contribution in [0.5, 0.6) is 5.75 Å². The van der Waals surface area contributed by atoms with E-state index in [1.807, 2.05) is 0 Å². The van der Waals surface area contributed by atoms with Crippen LogP contribution in [0.15, 0.2) is 18.2 Å². The zero-order valence-corrected chi connectivity index (χ0v) is 10.6. The summed E-state index contributed by atoms with van der Waals surface area (Å²) >= 11 is 5.82. The number of alkyl halides is 2. The molecule has 1 fully saturated rings. The maximum absolute atomic E-state index is 12.3. The standard InChI is InChI=1S/C12H12ClF2NO3/c13-8-1-2-10(19-12(14)15)9(4-8)16-5-7(6-17)3-11(16)18/h1-2,4,7,12,17H,3,5-6H2. The quantitative estimate of drug-likeness (QED) is 0.926. The molecule has 7 heteroatoms. The number of carbonyl (C=O) groups is 1. The molecule has 1 aromatic carbocycles. The van der Waals surface area contributed by atoms with E-state index >= 15 is 0 Å². The lowest BCUT2D eigenvalue weighted by molar-refractivity contribution is -0.117. The fourth-order valence-electron chi connectivity index (χ4n) is 2.03. The summed E-state index contributed by atoms with van der Waals surface area (Å²) in [4.78, 5) is 13.1. The van der Waals surface area contributed by atoms with E-state index in [9.17, 15) is 13.6 Å². The highest BCUT2D eigenvalue weighted by Gasteiger charge is 2.32. The van der Waals surface area contributed by atoms with Crippen LogP contribution in [0.4, 0.5) is 14.5 Å². The van der Waals surface area contributed by atoms with Gasteiger partial charge in [0.15, 0.2) is 0 Å². The van der Waals surface area contributed by atoms with Gasteiger partial charge >= 0.3 is 6.61 Å². The second-order valence-corrected chi connectivity index (χ2v) is 4.68. The molecule has 1 heterocycles. The van der Waals surface area contributed by atoms with E-state index in [-0.39, 0.29) is 42.8 Å². The van der Waals surface area contributed by atoms with E-state index in [0.717, 1.165) is 0 Å². The molecule has 1 aromatic rings. The molecule has 0 saturated carbocycles. The first kappa shape index (κ1) is 14.0. The molecule has 0 bridgehead atoms. The fraction of sp³-hybridized carbons (Fsp3) is 0.417. The Hall–Kier alpha value is -1.40. The van der Waals surface area contributed by atoms with Gasteiger partial charge in [-0.1, -0.05) is 11.6 Å². The Morgan fingerprint density at radius 2 is 2.26 bits per heavy atom. The van der Waals surface area contributed by atoms with Crippen LogP contribution in [-0.2, 0) is 4.79 Å². The fourth-order valence-corrected chi connectivity index (χ4v) is 2.20. The zero-order chi connectivity index (χ0) is 14.0. The van der Waals surface area contributed by atoms with E-state index < -0.39 is 6.61 Å². The zero-order valence-electron chi connectivity index (χ0n) is 9.85. The lowest BCUT2D eigenvalue weighted by atomic mass is 10.1. The summed E-state index contributed by atoms with van der Waals surface area (Å²) in [6.07, 6.45) is 0.178. The molecule has 4 nitrogen and oxygen atoms in total. The average Bonchev–Trinajstić information content (AvgIpc) is 2.72. The Morgan fingerprint density at radius 1 is 1.53 bits per heavy atom. The molecule has 1 unspecified atom stereocenters. The minimum atomic E-state index is -2.98. The van der Waals surface area contributed by atoms with Crippen LogP contribution >= 0.6 is 11.6 Å². The van der Waals surface area contributed by atoms with Crippen LogP contribution in [0.3, 0.4) is 0 Å².